The Morgan fingerprint density at radius 1 is 1.23 bits per heavy atom. The Hall–Kier alpha value is -2.78. The molecule has 1 amide bonds. The van der Waals surface area contributed by atoms with Gasteiger partial charge in [0, 0.05) is 27.7 Å². The minimum atomic E-state index is -0.712. The van der Waals surface area contributed by atoms with E-state index in [0.717, 1.165) is 9.80 Å². The lowest BCUT2D eigenvalue weighted by Gasteiger charge is -2.35. The van der Waals surface area contributed by atoms with E-state index < -0.39 is 16.9 Å². The van der Waals surface area contributed by atoms with Crippen LogP contribution >= 0.6 is 23.5 Å². The second-order valence-electron chi connectivity index (χ2n) is 6.74. The van der Waals surface area contributed by atoms with Crippen LogP contribution in [0.3, 0.4) is 0 Å². The van der Waals surface area contributed by atoms with E-state index in [1.165, 1.54) is 23.9 Å². The predicted molar refractivity (Wildman–Crippen MR) is 115 cm³/mol. The van der Waals surface area contributed by atoms with Crippen molar-refractivity contribution in [3.8, 4) is 0 Å². The van der Waals surface area contributed by atoms with Crippen LogP contribution in [-0.4, -0.2) is 38.9 Å². The number of nitrogens with zero attached hydrogens (tertiary/aromatic N) is 2. The molecule has 2 aromatic rings. The van der Waals surface area contributed by atoms with Crippen molar-refractivity contribution in [1.82, 2.24) is 4.90 Å². The van der Waals surface area contributed by atoms with Crippen molar-refractivity contribution < 1.29 is 19.2 Å². The van der Waals surface area contributed by atoms with Gasteiger partial charge in [-0.2, -0.15) is 0 Å². The topological polar surface area (TPSA) is 89.7 Å². The summed E-state index contributed by atoms with van der Waals surface area (Å²) in [6, 6.07) is 15.1. The molecule has 0 bridgehead atoms. The fourth-order valence-corrected chi connectivity index (χ4v) is 5.56. The first kappa shape index (κ1) is 20.5. The molecule has 2 aliphatic heterocycles. The molecule has 0 radical (unpaired) electrons. The predicted octanol–water partition coefficient (Wildman–Crippen LogP) is 3.99. The number of carbonyl (C=O) groups excluding carboxylic acids is 2. The number of amides is 1. The molecule has 154 valence electrons. The van der Waals surface area contributed by atoms with E-state index >= 15 is 0 Å². The number of ether oxygens (including phenoxy) is 1. The third-order valence-electron chi connectivity index (χ3n) is 4.80. The van der Waals surface area contributed by atoms with E-state index in [2.05, 4.69) is 0 Å². The Morgan fingerprint density at radius 3 is 2.63 bits per heavy atom. The van der Waals surface area contributed by atoms with E-state index in [-0.39, 0.29) is 23.6 Å². The molecule has 0 aromatic heterocycles. The number of β-lactam (4-membered cyclic amide) rings is 1. The summed E-state index contributed by atoms with van der Waals surface area (Å²) in [6.07, 6.45) is 2.42. The average molecular weight is 443 g/mol. The number of nitro benzene ring substituents is 1. The molecular formula is C21H18N2O5S2. The molecule has 0 spiro atoms. The van der Waals surface area contributed by atoms with E-state index in [1.807, 2.05) is 36.4 Å². The lowest BCUT2D eigenvalue weighted by molar-refractivity contribution is -0.384. The van der Waals surface area contributed by atoms with Gasteiger partial charge in [-0.25, -0.2) is 4.79 Å². The molecule has 9 heteroatoms. The van der Waals surface area contributed by atoms with Crippen LogP contribution in [0.25, 0.3) is 0 Å². The molecule has 4 rings (SSSR count). The molecule has 2 unspecified atom stereocenters. The van der Waals surface area contributed by atoms with Crippen LogP contribution in [0.1, 0.15) is 12.0 Å². The number of non-ortho nitro benzene ring substituents is 1. The second-order valence-corrected chi connectivity index (χ2v) is 9.09. The van der Waals surface area contributed by atoms with Gasteiger partial charge in [-0.1, -0.05) is 24.3 Å². The van der Waals surface area contributed by atoms with Gasteiger partial charge >= 0.3 is 5.97 Å². The van der Waals surface area contributed by atoms with Gasteiger partial charge in [0.05, 0.1) is 16.7 Å². The van der Waals surface area contributed by atoms with Gasteiger partial charge in [-0.15, -0.1) is 23.5 Å². The maximum Gasteiger partial charge on any atom is 0.334 e. The van der Waals surface area contributed by atoms with Gasteiger partial charge in [-0.05, 0) is 29.8 Å². The third-order valence-corrected chi connectivity index (χ3v) is 7.06. The summed E-state index contributed by atoms with van der Waals surface area (Å²) >= 11 is 3.20. The highest BCUT2D eigenvalue weighted by Gasteiger charge is 2.52. The number of rotatable bonds is 7. The largest absolute Gasteiger partial charge is 0.459 e. The van der Waals surface area contributed by atoms with Gasteiger partial charge in [-0.3, -0.25) is 14.9 Å². The number of nitro groups is 1. The lowest BCUT2D eigenvalue weighted by atomic mass is 10.1. The van der Waals surface area contributed by atoms with Crippen molar-refractivity contribution in [2.24, 2.45) is 0 Å². The molecule has 30 heavy (non-hydrogen) atoms. The first-order chi connectivity index (χ1) is 14.5. The SMILES string of the molecule is O=C(OCc1ccc([N+](=O)[O-])cc1)C1/C(=C/CSc2ccccc2)SC2CC(=O)N21. The smallest absolute Gasteiger partial charge is 0.334 e. The van der Waals surface area contributed by atoms with Crippen molar-refractivity contribution in [2.45, 2.75) is 29.3 Å². The van der Waals surface area contributed by atoms with Crippen LogP contribution in [0, 0.1) is 10.1 Å². The first-order valence-electron chi connectivity index (χ1n) is 9.28. The molecule has 2 aromatic carbocycles. The minimum absolute atomic E-state index is 0.00324. The number of fused-ring (bicyclic) bond motifs is 1. The van der Waals surface area contributed by atoms with Gasteiger partial charge in [0.25, 0.3) is 5.69 Å². The summed E-state index contributed by atoms with van der Waals surface area (Å²) in [7, 11) is 0. The summed E-state index contributed by atoms with van der Waals surface area (Å²) in [5.41, 5.74) is 0.628. The van der Waals surface area contributed by atoms with E-state index in [9.17, 15) is 19.7 Å². The summed E-state index contributed by atoms with van der Waals surface area (Å²) in [5, 5.41) is 10.7. The van der Waals surface area contributed by atoms with Crippen LogP contribution in [0.4, 0.5) is 5.69 Å². The van der Waals surface area contributed by atoms with Crippen LogP contribution in [0.15, 0.2) is 70.5 Å². The fraction of sp³-hybridized carbons (Fsp3) is 0.238. The quantitative estimate of drug-likeness (QED) is 0.211. The van der Waals surface area contributed by atoms with Crippen molar-refractivity contribution in [3.63, 3.8) is 0 Å². The third kappa shape index (κ3) is 4.36. The van der Waals surface area contributed by atoms with Gasteiger partial charge < -0.3 is 9.64 Å². The molecule has 2 fully saturated rings. The highest BCUT2D eigenvalue weighted by molar-refractivity contribution is 8.04. The monoisotopic (exact) mass is 442 g/mol. The van der Waals surface area contributed by atoms with Gasteiger partial charge in [0.2, 0.25) is 5.91 Å². The molecule has 0 aliphatic carbocycles. The number of hydrogen-bond donors (Lipinski definition) is 0. The van der Waals surface area contributed by atoms with Crippen LogP contribution < -0.4 is 0 Å². The number of esters is 1. The molecule has 2 heterocycles. The Morgan fingerprint density at radius 2 is 1.97 bits per heavy atom. The van der Waals surface area contributed by atoms with Crippen LogP contribution in [0.2, 0.25) is 0 Å². The minimum Gasteiger partial charge on any atom is -0.459 e. The maximum atomic E-state index is 12.8. The van der Waals surface area contributed by atoms with E-state index in [1.54, 1.807) is 28.8 Å². The van der Waals surface area contributed by atoms with E-state index in [0.29, 0.717) is 17.7 Å². The molecule has 2 aliphatic rings. The number of thioether (sulfide) groups is 2. The molecule has 0 N–H and O–H groups in total. The van der Waals surface area contributed by atoms with Crippen LogP contribution in [0.5, 0.6) is 0 Å². The summed E-state index contributed by atoms with van der Waals surface area (Å²) in [6.45, 7) is -0.00324. The number of carbonyl (C=O) groups is 2. The van der Waals surface area contributed by atoms with Crippen LogP contribution in [-0.2, 0) is 20.9 Å². The molecule has 7 nitrogen and oxygen atoms in total. The number of benzene rings is 2. The summed E-state index contributed by atoms with van der Waals surface area (Å²) in [5.74, 6) is 0.156. The van der Waals surface area contributed by atoms with Crippen molar-refractivity contribution in [3.05, 3.63) is 81.3 Å². The van der Waals surface area contributed by atoms with Crippen molar-refractivity contribution in [2.75, 3.05) is 5.75 Å². The summed E-state index contributed by atoms with van der Waals surface area (Å²) in [4.78, 5) is 38.7. The van der Waals surface area contributed by atoms with Gasteiger partial charge in [0.15, 0.2) is 6.04 Å². The Kier molecular flexibility index (Phi) is 6.10. The molecule has 0 saturated carbocycles. The lowest BCUT2D eigenvalue weighted by Crippen LogP contribution is -2.54. The van der Waals surface area contributed by atoms with E-state index in [4.69, 9.17) is 4.74 Å². The molecular weight excluding hydrogens is 424 g/mol. The normalized spacial score (nSPS) is 21.3. The van der Waals surface area contributed by atoms with Crippen molar-refractivity contribution >= 4 is 41.1 Å². The van der Waals surface area contributed by atoms with Gasteiger partial charge in [0.1, 0.15) is 6.61 Å². The highest BCUT2D eigenvalue weighted by atomic mass is 32.2. The fourth-order valence-electron chi connectivity index (χ4n) is 3.24. The zero-order valence-electron chi connectivity index (χ0n) is 15.8. The Bertz CT molecular complexity index is 994. The number of hydrogen-bond acceptors (Lipinski definition) is 7. The first-order valence-corrected chi connectivity index (χ1v) is 11.1. The standard InChI is InChI=1S/C21H18N2O5S2/c24-18-12-19-22(18)20(17(30-19)10-11-29-16-4-2-1-3-5-16)21(25)28-13-14-6-8-15(9-7-14)23(26)27/h1-10,19-20H,11-13H2/b17-10-. The molecule has 2 saturated heterocycles. The zero-order valence-corrected chi connectivity index (χ0v) is 17.4. The van der Waals surface area contributed by atoms with Crippen molar-refractivity contribution in [1.29, 1.82) is 0 Å². The second kappa shape index (κ2) is 8.93. The zero-order chi connectivity index (χ0) is 21.1. The maximum absolute atomic E-state index is 12.8. The molecule has 2 atom stereocenters. The summed E-state index contributed by atoms with van der Waals surface area (Å²) < 4.78 is 5.44. The Balaban J connectivity index is 1.41. The average Bonchev–Trinajstić information content (AvgIpc) is 3.05. The Labute approximate surface area is 181 Å². The highest BCUT2D eigenvalue weighted by Crippen LogP contribution is 2.47.